The molecule has 1 aromatic heterocycles. The summed E-state index contributed by atoms with van der Waals surface area (Å²) < 4.78 is 32.1. The molecule has 1 heterocycles. The highest BCUT2D eigenvalue weighted by atomic mass is 32.2. The fourth-order valence-electron chi connectivity index (χ4n) is 2.83. The number of rotatable bonds is 9. The molecule has 0 saturated heterocycles. The number of hydrogen-bond acceptors (Lipinski definition) is 7. The van der Waals surface area contributed by atoms with Gasteiger partial charge < -0.3 is 9.73 Å². The summed E-state index contributed by atoms with van der Waals surface area (Å²) in [6.45, 7) is 6.39. The van der Waals surface area contributed by atoms with Crippen LogP contribution in [0.3, 0.4) is 0 Å². The Morgan fingerprint density at radius 3 is 2.29 bits per heavy atom. The predicted octanol–water partition coefficient (Wildman–Crippen LogP) is 3.81. The minimum Gasteiger partial charge on any atom is -0.411 e. The molecule has 1 N–H and O–H groups in total. The fraction of sp³-hybridized carbons (Fsp3) is 0.286. The first-order valence-electron chi connectivity index (χ1n) is 9.77. The molecule has 3 rings (SSSR count). The van der Waals surface area contributed by atoms with Crippen molar-refractivity contribution < 1.29 is 17.6 Å². The van der Waals surface area contributed by atoms with Crippen LogP contribution in [0.2, 0.25) is 0 Å². The Morgan fingerprint density at radius 2 is 1.68 bits per heavy atom. The zero-order chi connectivity index (χ0) is 22.4. The molecule has 3 aromatic rings. The van der Waals surface area contributed by atoms with E-state index in [0.29, 0.717) is 18.7 Å². The molecule has 0 fully saturated rings. The monoisotopic (exact) mass is 460 g/mol. The van der Waals surface area contributed by atoms with Gasteiger partial charge in [-0.3, -0.25) is 4.79 Å². The predicted molar refractivity (Wildman–Crippen MR) is 120 cm³/mol. The van der Waals surface area contributed by atoms with E-state index in [1.54, 1.807) is 26.0 Å². The molecule has 0 saturated carbocycles. The summed E-state index contributed by atoms with van der Waals surface area (Å²) in [5, 5.41) is 11.0. The van der Waals surface area contributed by atoms with E-state index in [1.807, 2.05) is 31.2 Å². The van der Waals surface area contributed by atoms with Crippen LogP contribution in [0.15, 0.2) is 63.1 Å². The molecule has 0 radical (unpaired) electrons. The molecule has 0 aliphatic carbocycles. The van der Waals surface area contributed by atoms with E-state index in [4.69, 9.17) is 4.42 Å². The summed E-state index contributed by atoms with van der Waals surface area (Å²) in [5.74, 6) is 0.198. The van der Waals surface area contributed by atoms with Crippen molar-refractivity contribution in [3.8, 4) is 11.5 Å². The van der Waals surface area contributed by atoms with E-state index in [0.717, 1.165) is 23.0 Å². The minimum atomic E-state index is -3.52. The maximum Gasteiger partial charge on any atom is 0.277 e. The molecule has 164 valence electrons. The van der Waals surface area contributed by atoms with Gasteiger partial charge in [0.15, 0.2) is 0 Å². The second kappa shape index (κ2) is 10.1. The summed E-state index contributed by atoms with van der Waals surface area (Å²) in [6.07, 6.45) is 0. The third kappa shape index (κ3) is 5.72. The Kier molecular flexibility index (Phi) is 7.47. The molecular formula is C21H24N4O4S2. The maximum absolute atomic E-state index is 12.6. The number of aromatic nitrogens is 2. The highest BCUT2D eigenvalue weighted by Gasteiger charge is 2.21. The van der Waals surface area contributed by atoms with Crippen LogP contribution in [-0.2, 0) is 14.8 Å². The number of amides is 1. The average molecular weight is 461 g/mol. The Labute approximate surface area is 186 Å². The van der Waals surface area contributed by atoms with E-state index in [1.165, 1.54) is 16.4 Å². The van der Waals surface area contributed by atoms with Crippen LogP contribution < -0.4 is 5.32 Å². The number of hydrogen-bond donors (Lipinski definition) is 1. The molecule has 1 amide bonds. The Balaban J connectivity index is 1.61. The van der Waals surface area contributed by atoms with Crippen molar-refractivity contribution in [2.75, 3.05) is 24.2 Å². The van der Waals surface area contributed by atoms with Crippen molar-refractivity contribution in [2.24, 2.45) is 0 Å². The number of benzene rings is 2. The van der Waals surface area contributed by atoms with Crippen molar-refractivity contribution in [1.29, 1.82) is 0 Å². The summed E-state index contributed by atoms with van der Waals surface area (Å²) >= 11 is 1.13. The molecule has 8 nitrogen and oxygen atoms in total. The van der Waals surface area contributed by atoms with Crippen LogP contribution in [0.25, 0.3) is 11.5 Å². The zero-order valence-electron chi connectivity index (χ0n) is 17.5. The summed E-state index contributed by atoms with van der Waals surface area (Å²) in [5.41, 5.74) is 2.44. The molecule has 0 aliphatic heterocycles. The lowest BCUT2D eigenvalue weighted by molar-refractivity contribution is -0.113. The van der Waals surface area contributed by atoms with Gasteiger partial charge in [-0.25, -0.2) is 8.42 Å². The largest absolute Gasteiger partial charge is 0.411 e. The molecule has 0 unspecified atom stereocenters. The lowest BCUT2D eigenvalue weighted by Crippen LogP contribution is -2.30. The Bertz CT molecular complexity index is 1120. The van der Waals surface area contributed by atoms with Crippen LogP contribution in [0, 0.1) is 6.92 Å². The van der Waals surface area contributed by atoms with Crippen LogP contribution in [0.1, 0.15) is 19.4 Å². The van der Waals surface area contributed by atoms with Gasteiger partial charge in [-0.05, 0) is 43.3 Å². The number of anilines is 1. The van der Waals surface area contributed by atoms with E-state index >= 15 is 0 Å². The highest BCUT2D eigenvalue weighted by Crippen LogP contribution is 2.25. The number of carbonyl (C=O) groups excluding carboxylic acids is 1. The van der Waals surface area contributed by atoms with E-state index in [9.17, 15) is 13.2 Å². The van der Waals surface area contributed by atoms with Gasteiger partial charge in [0.2, 0.25) is 21.8 Å². The summed E-state index contributed by atoms with van der Waals surface area (Å²) in [7, 11) is -3.52. The Morgan fingerprint density at radius 1 is 1.03 bits per heavy atom. The number of nitrogens with one attached hydrogen (secondary N) is 1. The second-order valence-corrected chi connectivity index (χ2v) is 9.55. The lowest BCUT2D eigenvalue weighted by atomic mass is 10.2. The molecular weight excluding hydrogens is 436 g/mol. The van der Waals surface area contributed by atoms with Gasteiger partial charge in [0, 0.05) is 24.3 Å². The quantitative estimate of drug-likeness (QED) is 0.484. The summed E-state index contributed by atoms with van der Waals surface area (Å²) in [6, 6.07) is 13.8. The van der Waals surface area contributed by atoms with E-state index in [2.05, 4.69) is 15.5 Å². The van der Waals surface area contributed by atoms with Crippen molar-refractivity contribution in [3.05, 3.63) is 54.1 Å². The average Bonchev–Trinajstić information content (AvgIpc) is 3.24. The van der Waals surface area contributed by atoms with E-state index in [-0.39, 0.29) is 27.7 Å². The van der Waals surface area contributed by atoms with Crippen molar-refractivity contribution >= 4 is 33.4 Å². The topological polar surface area (TPSA) is 105 Å². The van der Waals surface area contributed by atoms with Gasteiger partial charge in [0.25, 0.3) is 5.22 Å². The summed E-state index contributed by atoms with van der Waals surface area (Å²) in [4.78, 5) is 12.3. The maximum atomic E-state index is 12.6. The van der Waals surface area contributed by atoms with Gasteiger partial charge in [-0.15, -0.1) is 10.2 Å². The standard InChI is InChI=1S/C21H24N4O4S2/c1-4-25(5-2)31(27,28)18-12-8-16(9-13-18)20-23-24-21(29-20)30-14-19(26)22-17-10-6-15(3)7-11-17/h6-13H,4-5,14H2,1-3H3,(H,22,26). The third-order valence-corrected chi connectivity index (χ3v) is 7.40. The fourth-order valence-corrected chi connectivity index (χ4v) is 4.85. The van der Waals surface area contributed by atoms with Gasteiger partial charge >= 0.3 is 0 Å². The first-order chi connectivity index (χ1) is 14.8. The Hall–Kier alpha value is -2.69. The van der Waals surface area contributed by atoms with Crippen LogP contribution in [0.4, 0.5) is 5.69 Å². The first-order valence-corrected chi connectivity index (χ1v) is 12.2. The number of carbonyl (C=O) groups is 1. The van der Waals surface area contributed by atoms with E-state index < -0.39 is 10.0 Å². The van der Waals surface area contributed by atoms with Gasteiger partial charge in [-0.1, -0.05) is 43.3 Å². The number of nitrogens with zero attached hydrogens (tertiary/aromatic N) is 3. The van der Waals surface area contributed by atoms with Crippen LogP contribution >= 0.6 is 11.8 Å². The van der Waals surface area contributed by atoms with Crippen LogP contribution in [0.5, 0.6) is 0 Å². The number of sulfonamides is 1. The van der Waals surface area contributed by atoms with Gasteiger partial charge in [-0.2, -0.15) is 4.31 Å². The molecule has 0 aliphatic rings. The van der Waals surface area contributed by atoms with Gasteiger partial charge in [0.05, 0.1) is 10.6 Å². The lowest BCUT2D eigenvalue weighted by Gasteiger charge is -2.18. The van der Waals surface area contributed by atoms with Gasteiger partial charge in [0.1, 0.15) is 0 Å². The first kappa shape index (κ1) is 23.0. The SMILES string of the molecule is CCN(CC)S(=O)(=O)c1ccc(-c2nnc(SCC(=O)Nc3ccc(C)cc3)o2)cc1. The smallest absolute Gasteiger partial charge is 0.277 e. The molecule has 31 heavy (non-hydrogen) atoms. The third-order valence-electron chi connectivity index (χ3n) is 4.51. The highest BCUT2D eigenvalue weighted by molar-refractivity contribution is 7.99. The molecule has 10 heteroatoms. The molecule has 0 bridgehead atoms. The zero-order valence-corrected chi connectivity index (χ0v) is 19.2. The normalized spacial score (nSPS) is 11.6. The molecule has 0 spiro atoms. The van der Waals surface area contributed by atoms with Crippen LogP contribution in [-0.4, -0.2) is 47.7 Å². The second-order valence-electron chi connectivity index (χ2n) is 6.69. The van der Waals surface area contributed by atoms with Crippen molar-refractivity contribution in [1.82, 2.24) is 14.5 Å². The number of thioether (sulfide) groups is 1. The number of aryl methyl sites for hydroxylation is 1. The molecule has 0 atom stereocenters. The van der Waals surface area contributed by atoms with Crippen molar-refractivity contribution in [2.45, 2.75) is 30.9 Å². The minimum absolute atomic E-state index is 0.122. The molecule has 2 aromatic carbocycles. The van der Waals surface area contributed by atoms with Crippen molar-refractivity contribution in [3.63, 3.8) is 0 Å².